The SMILES string of the molecule is CC(=O)N1CCN(C(=O)CC2=CSC3=NC(C)=C(C(=O)OCc4ccccc4)[C@H](c4ccc(C)cc4C)N23)CC1. The first-order valence-electron chi connectivity index (χ1n) is 13.5. The van der Waals surface area contributed by atoms with Crippen LogP contribution in [0.4, 0.5) is 0 Å². The van der Waals surface area contributed by atoms with Gasteiger partial charge in [0.1, 0.15) is 6.61 Å². The normalized spacial score (nSPS) is 18.8. The zero-order valence-electron chi connectivity index (χ0n) is 23.3. The van der Waals surface area contributed by atoms with E-state index >= 15 is 0 Å². The molecule has 2 aromatic carbocycles. The van der Waals surface area contributed by atoms with E-state index in [2.05, 4.69) is 12.1 Å². The second kappa shape index (κ2) is 11.7. The number of carbonyl (C=O) groups is 3. The monoisotopic (exact) mass is 558 g/mol. The minimum absolute atomic E-state index is 0.00448. The van der Waals surface area contributed by atoms with Gasteiger partial charge in [0.2, 0.25) is 11.8 Å². The molecule has 208 valence electrons. The third-order valence-corrected chi connectivity index (χ3v) is 8.45. The summed E-state index contributed by atoms with van der Waals surface area (Å²) in [4.78, 5) is 49.2. The molecule has 2 aromatic rings. The number of fused-ring (bicyclic) bond motifs is 1. The summed E-state index contributed by atoms with van der Waals surface area (Å²) in [6.07, 6.45) is 0.179. The molecule has 0 spiro atoms. The molecular weight excluding hydrogens is 524 g/mol. The predicted octanol–water partition coefficient (Wildman–Crippen LogP) is 4.70. The van der Waals surface area contributed by atoms with Gasteiger partial charge < -0.3 is 19.4 Å². The lowest BCUT2D eigenvalue weighted by Gasteiger charge is -2.38. The molecule has 9 heteroatoms. The molecule has 3 aliphatic heterocycles. The van der Waals surface area contributed by atoms with Gasteiger partial charge in [-0.05, 0) is 42.9 Å². The summed E-state index contributed by atoms with van der Waals surface area (Å²) in [5.74, 6) is -0.395. The number of aryl methyl sites for hydroxylation is 2. The molecule has 0 unspecified atom stereocenters. The second-order valence-electron chi connectivity index (χ2n) is 10.4. The lowest BCUT2D eigenvalue weighted by molar-refractivity contribution is -0.141. The third-order valence-electron chi connectivity index (χ3n) is 7.56. The number of ether oxygens (including phenoxy) is 1. The van der Waals surface area contributed by atoms with Crippen LogP contribution in [0.5, 0.6) is 0 Å². The van der Waals surface area contributed by atoms with Crippen LogP contribution >= 0.6 is 11.8 Å². The van der Waals surface area contributed by atoms with Crippen molar-refractivity contribution < 1.29 is 19.1 Å². The van der Waals surface area contributed by atoms with Crippen molar-refractivity contribution in [3.8, 4) is 0 Å². The zero-order valence-corrected chi connectivity index (χ0v) is 24.2. The van der Waals surface area contributed by atoms with Crippen LogP contribution < -0.4 is 0 Å². The fourth-order valence-electron chi connectivity index (χ4n) is 5.40. The fourth-order valence-corrected chi connectivity index (χ4v) is 6.36. The molecule has 0 aliphatic carbocycles. The van der Waals surface area contributed by atoms with E-state index in [1.54, 1.807) is 11.8 Å². The number of esters is 1. The molecule has 1 atom stereocenters. The number of thioether (sulfide) groups is 1. The Balaban J connectivity index is 1.43. The third kappa shape index (κ3) is 5.70. The molecule has 8 nitrogen and oxygen atoms in total. The van der Waals surface area contributed by atoms with Gasteiger partial charge in [-0.3, -0.25) is 9.59 Å². The molecular formula is C31H34N4O4S. The molecule has 5 rings (SSSR count). The fraction of sp³-hybridized carbons (Fsp3) is 0.355. The molecule has 1 fully saturated rings. The minimum Gasteiger partial charge on any atom is -0.457 e. The smallest absolute Gasteiger partial charge is 0.338 e. The summed E-state index contributed by atoms with van der Waals surface area (Å²) < 4.78 is 5.82. The summed E-state index contributed by atoms with van der Waals surface area (Å²) in [6, 6.07) is 15.3. The minimum atomic E-state index is -0.472. The Morgan fingerprint density at radius 3 is 2.35 bits per heavy atom. The summed E-state index contributed by atoms with van der Waals surface area (Å²) in [5.41, 5.74) is 5.95. The summed E-state index contributed by atoms with van der Waals surface area (Å²) in [6.45, 7) is 9.75. The largest absolute Gasteiger partial charge is 0.457 e. The number of rotatable bonds is 6. The van der Waals surface area contributed by atoms with Gasteiger partial charge in [-0.1, -0.05) is 65.9 Å². The van der Waals surface area contributed by atoms with E-state index in [1.807, 2.05) is 72.4 Å². The highest BCUT2D eigenvalue weighted by atomic mass is 32.2. The lowest BCUT2D eigenvalue weighted by Crippen LogP contribution is -2.50. The maximum Gasteiger partial charge on any atom is 0.338 e. The van der Waals surface area contributed by atoms with Crippen molar-refractivity contribution in [2.24, 2.45) is 4.99 Å². The summed E-state index contributed by atoms with van der Waals surface area (Å²) >= 11 is 1.47. The van der Waals surface area contributed by atoms with Gasteiger partial charge in [-0.25, -0.2) is 9.79 Å². The molecule has 0 saturated carbocycles. The number of piperazine rings is 1. The number of hydrogen-bond acceptors (Lipinski definition) is 7. The van der Waals surface area contributed by atoms with Crippen molar-refractivity contribution in [3.63, 3.8) is 0 Å². The molecule has 3 heterocycles. The highest BCUT2D eigenvalue weighted by Gasteiger charge is 2.42. The number of nitrogens with zero attached hydrogens (tertiary/aromatic N) is 4. The van der Waals surface area contributed by atoms with Crippen molar-refractivity contribution in [1.29, 1.82) is 0 Å². The van der Waals surface area contributed by atoms with Gasteiger partial charge in [0.05, 0.1) is 23.7 Å². The Labute approximate surface area is 239 Å². The molecule has 0 aromatic heterocycles. The average Bonchev–Trinajstić information content (AvgIpc) is 3.33. The first-order chi connectivity index (χ1) is 19.2. The predicted molar refractivity (Wildman–Crippen MR) is 156 cm³/mol. The standard InChI is InChI=1S/C31H34N4O4S/c1-20-10-11-26(21(2)16-20)29-28(30(38)39-18-24-8-6-5-7-9-24)22(3)32-31-35(29)25(19-40-31)17-27(37)34-14-12-33(13-15-34)23(4)36/h5-11,16,19,29H,12-15,17-18H2,1-4H3/t29-/m0/s1. The van der Waals surface area contributed by atoms with Gasteiger partial charge in [0, 0.05) is 38.8 Å². The van der Waals surface area contributed by atoms with E-state index in [9.17, 15) is 14.4 Å². The van der Waals surface area contributed by atoms with E-state index in [1.165, 1.54) is 11.8 Å². The average molecular weight is 559 g/mol. The van der Waals surface area contributed by atoms with E-state index in [4.69, 9.17) is 9.73 Å². The number of aliphatic imine (C=N–C) groups is 1. The van der Waals surface area contributed by atoms with Crippen LogP contribution in [0, 0.1) is 13.8 Å². The molecule has 40 heavy (non-hydrogen) atoms. The van der Waals surface area contributed by atoms with Crippen LogP contribution in [0.1, 0.15) is 48.6 Å². The summed E-state index contributed by atoms with van der Waals surface area (Å²) in [7, 11) is 0. The number of allylic oxidation sites excluding steroid dienone is 1. The Kier molecular flexibility index (Phi) is 8.12. The van der Waals surface area contributed by atoms with Crippen molar-refractivity contribution in [3.05, 3.63) is 93.2 Å². The second-order valence-corrected chi connectivity index (χ2v) is 11.2. The Hall–Kier alpha value is -3.85. The van der Waals surface area contributed by atoms with Crippen LogP contribution in [0.25, 0.3) is 0 Å². The van der Waals surface area contributed by atoms with E-state index < -0.39 is 12.0 Å². The number of amidine groups is 1. The van der Waals surface area contributed by atoms with Gasteiger partial charge in [-0.2, -0.15) is 0 Å². The molecule has 1 saturated heterocycles. The van der Waals surface area contributed by atoms with Crippen LogP contribution in [0.2, 0.25) is 0 Å². The molecule has 3 aliphatic rings. The number of carbonyl (C=O) groups excluding carboxylic acids is 3. The number of benzene rings is 2. The van der Waals surface area contributed by atoms with Crippen LogP contribution in [0.15, 0.2) is 75.9 Å². The van der Waals surface area contributed by atoms with Gasteiger partial charge in [0.25, 0.3) is 0 Å². The maximum absolute atomic E-state index is 13.7. The lowest BCUT2D eigenvalue weighted by atomic mass is 9.90. The first-order valence-corrected chi connectivity index (χ1v) is 14.4. The van der Waals surface area contributed by atoms with Gasteiger partial charge in [0.15, 0.2) is 5.17 Å². The highest BCUT2D eigenvalue weighted by molar-refractivity contribution is 8.16. The topological polar surface area (TPSA) is 82.5 Å². The van der Waals surface area contributed by atoms with Crippen molar-refractivity contribution in [2.45, 2.75) is 46.8 Å². The van der Waals surface area contributed by atoms with Gasteiger partial charge >= 0.3 is 5.97 Å². The molecule has 0 radical (unpaired) electrons. The maximum atomic E-state index is 13.7. The Bertz CT molecular complexity index is 1420. The molecule has 0 N–H and O–H groups in total. The molecule has 0 bridgehead atoms. The van der Waals surface area contributed by atoms with E-state index in [-0.39, 0.29) is 24.8 Å². The van der Waals surface area contributed by atoms with Crippen molar-refractivity contribution in [2.75, 3.05) is 26.2 Å². The first kappa shape index (κ1) is 27.7. The summed E-state index contributed by atoms with van der Waals surface area (Å²) in [5, 5.41) is 2.70. The van der Waals surface area contributed by atoms with E-state index in [0.717, 1.165) is 33.1 Å². The Morgan fingerprint density at radius 2 is 1.68 bits per heavy atom. The van der Waals surface area contributed by atoms with Crippen molar-refractivity contribution >= 4 is 34.7 Å². The Morgan fingerprint density at radius 1 is 0.975 bits per heavy atom. The van der Waals surface area contributed by atoms with Gasteiger partial charge in [-0.15, -0.1) is 0 Å². The van der Waals surface area contributed by atoms with Crippen LogP contribution in [-0.2, 0) is 25.7 Å². The van der Waals surface area contributed by atoms with E-state index in [0.29, 0.717) is 37.4 Å². The number of hydrogen-bond donors (Lipinski definition) is 0. The quantitative estimate of drug-likeness (QED) is 0.478. The van der Waals surface area contributed by atoms with Crippen molar-refractivity contribution in [1.82, 2.24) is 14.7 Å². The van der Waals surface area contributed by atoms with Crippen LogP contribution in [0.3, 0.4) is 0 Å². The highest BCUT2D eigenvalue weighted by Crippen LogP contribution is 2.45. The van der Waals surface area contributed by atoms with Crippen LogP contribution in [-0.4, -0.2) is 63.8 Å². The zero-order chi connectivity index (χ0) is 28.4. The molecule has 2 amide bonds. The number of amides is 2.